The molecule has 0 aliphatic carbocycles. The van der Waals surface area contributed by atoms with Gasteiger partial charge in [0, 0.05) is 23.2 Å². The molecule has 2 N–H and O–H groups in total. The van der Waals surface area contributed by atoms with Crippen LogP contribution in [-0.4, -0.2) is 43.5 Å². The van der Waals surface area contributed by atoms with Gasteiger partial charge in [-0.1, -0.05) is 13.8 Å². The lowest BCUT2D eigenvalue weighted by molar-refractivity contribution is -0.137. The van der Waals surface area contributed by atoms with Crippen molar-refractivity contribution in [1.82, 2.24) is 10.5 Å². The van der Waals surface area contributed by atoms with E-state index in [1.165, 1.54) is 48.3 Å². The van der Waals surface area contributed by atoms with E-state index in [1.807, 2.05) is 13.8 Å². The minimum atomic E-state index is -4.35. The summed E-state index contributed by atoms with van der Waals surface area (Å²) in [6, 6.07) is 5.05. The van der Waals surface area contributed by atoms with Crippen molar-refractivity contribution in [2.24, 2.45) is 0 Å². The van der Waals surface area contributed by atoms with Gasteiger partial charge in [0.25, 0.3) is 5.91 Å². The van der Waals surface area contributed by atoms with Crippen LogP contribution in [0.5, 0.6) is 0 Å². The second kappa shape index (κ2) is 11.3. The number of nitrogens with zero attached hydrogens (tertiary/aromatic N) is 1. The van der Waals surface area contributed by atoms with Gasteiger partial charge >= 0.3 is 6.18 Å². The maximum Gasteiger partial charge on any atom is 0.416 e. The average Bonchev–Trinajstić information content (AvgIpc) is 2.70. The third kappa shape index (κ3) is 7.56. The van der Waals surface area contributed by atoms with Crippen LogP contribution >= 0.6 is 11.8 Å². The van der Waals surface area contributed by atoms with E-state index in [9.17, 15) is 22.2 Å². The fourth-order valence-electron chi connectivity index (χ4n) is 2.34. The molecule has 11 heteroatoms. The first kappa shape index (κ1) is 25.9. The number of hydrogen-bond acceptors (Lipinski definition) is 6. The van der Waals surface area contributed by atoms with E-state index >= 15 is 0 Å². The molecule has 0 aromatic heterocycles. The van der Waals surface area contributed by atoms with Crippen molar-refractivity contribution in [2.75, 3.05) is 13.1 Å². The van der Waals surface area contributed by atoms with Crippen molar-refractivity contribution in [2.45, 2.75) is 61.6 Å². The molecule has 0 bridgehead atoms. The summed E-state index contributed by atoms with van der Waals surface area (Å²) in [5.74, 6) is -0.812. The summed E-state index contributed by atoms with van der Waals surface area (Å²) < 4.78 is 53.9. The van der Waals surface area contributed by atoms with Crippen LogP contribution in [0.25, 0.3) is 0 Å². The van der Waals surface area contributed by atoms with Crippen molar-refractivity contribution in [3.8, 4) is 0 Å². The van der Waals surface area contributed by atoms with Gasteiger partial charge in [0.05, 0.1) is 5.56 Å². The second-order valence-electron chi connectivity index (χ2n) is 6.53. The molecule has 1 aliphatic heterocycles. The predicted octanol–water partition coefficient (Wildman–Crippen LogP) is 4.17. The molecule has 0 radical (unpaired) electrons. The Morgan fingerprint density at radius 2 is 1.72 bits per heavy atom. The molecule has 0 spiro atoms. The van der Waals surface area contributed by atoms with Gasteiger partial charge in [0.1, 0.15) is 4.75 Å². The first-order valence-electron chi connectivity index (χ1n) is 9.17. The van der Waals surface area contributed by atoms with Crippen molar-refractivity contribution in [3.63, 3.8) is 0 Å². The number of alkyl halides is 3. The number of thioether (sulfide) groups is 1. The fourth-order valence-corrected chi connectivity index (χ4v) is 4.19. The van der Waals surface area contributed by atoms with Crippen LogP contribution in [0.2, 0.25) is 0 Å². The normalized spacial score (nSPS) is 17.2. The van der Waals surface area contributed by atoms with E-state index in [-0.39, 0.29) is 5.25 Å². The third-order valence-corrected chi connectivity index (χ3v) is 6.84. The molecule has 1 atom stereocenters. The zero-order valence-corrected chi connectivity index (χ0v) is 18.4. The van der Waals surface area contributed by atoms with Gasteiger partial charge in [0.15, 0.2) is 11.1 Å². The van der Waals surface area contributed by atoms with Crippen molar-refractivity contribution < 1.29 is 31.7 Å². The first-order valence-corrected chi connectivity index (χ1v) is 11.1. The highest BCUT2D eigenvalue weighted by molar-refractivity contribution is 8.00. The van der Waals surface area contributed by atoms with E-state index in [0.29, 0.717) is 25.9 Å². The number of hydroxylamine groups is 3. The quantitative estimate of drug-likeness (QED) is 0.494. The van der Waals surface area contributed by atoms with Gasteiger partial charge in [0.2, 0.25) is 0 Å². The van der Waals surface area contributed by atoms with E-state index in [1.54, 1.807) is 0 Å². The largest absolute Gasteiger partial charge is 0.416 e. The van der Waals surface area contributed by atoms with E-state index in [2.05, 4.69) is 0 Å². The lowest BCUT2D eigenvalue weighted by Crippen LogP contribution is -2.47. The van der Waals surface area contributed by atoms with E-state index in [0.717, 1.165) is 17.0 Å². The van der Waals surface area contributed by atoms with E-state index < -0.39 is 33.5 Å². The minimum Gasteiger partial charge on any atom is -0.289 e. The highest BCUT2D eigenvalue weighted by atomic mass is 32.2. The van der Waals surface area contributed by atoms with Crippen LogP contribution < -0.4 is 5.48 Å². The number of piperidine rings is 1. The molecule has 1 heterocycles. The van der Waals surface area contributed by atoms with Crippen LogP contribution in [0.3, 0.4) is 0 Å². The van der Waals surface area contributed by atoms with Crippen LogP contribution in [0.1, 0.15) is 46.1 Å². The monoisotopic (exact) mass is 456 g/mol. The molecular weight excluding hydrogens is 429 g/mol. The molecule has 166 valence electrons. The maximum absolute atomic E-state index is 12.6. The molecule has 1 unspecified atom stereocenters. The summed E-state index contributed by atoms with van der Waals surface area (Å²) in [6.07, 6.45) is -2.97. The summed E-state index contributed by atoms with van der Waals surface area (Å²) in [6.45, 7) is 7.73. The SMILES string of the molecule is CC.CC(C)(C(=O)NO)S(=O)ON1CCC(Sc2ccc(C(F)(F)F)cc2)CC1. The summed E-state index contributed by atoms with van der Waals surface area (Å²) in [4.78, 5) is 12.3. The Morgan fingerprint density at radius 1 is 1.21 bits per heavy atom. The molecule has 1 amide bonds. The Bertz CT molecular complexity index is 677. The highest BCUT2D eigenvalue weighted by Crippen LogP contribution is 2.34. The number of rotatable bonds is 6. The number of halogens is 3. The molecule has 1 aliphatic rings. The molecule has 29 heavy (non-hydrogen) atoms. The van der Waals surface area contributed by atoms with Crippen molar-refractivity contribution in [1.29, 1.82) is 0 Å². The number of nitrogens with one attached hydrogen (secondary N) is 1. The van der Waals surface area contributed by atoms with Gasteiger partial charge < -0.3 is 0 Å². The summed E-state index contributed by atoms with van der Waals surface area (Å²) in [7, 11) is 0. The van der Waals surface area contributed by atoms with Gasteiger partial charge in [-0.05, 0) is 51.0 Å². The third-order valence-electron chi connectivity index (χ3n) is 4.12. The number of benzene rings is 1. The van der Waals surface area contributed by atoms with Crippen LogP contribution in [0.15, 0.2) is 29.2 Å². The molecule has 1 fully saturated rings. The van der Waals surface area contributed by atoms with Crippen molar-refractivity contribution in [3.05, 3.63) is 29.8 Å². The topological polar surface area (TPSA) is 78.9 Å². The lowest BCUT2D eigenvalue weighted by Gasteiger charge is -2.31. The highest BCUT2D eigenvalue weighted by Gasteiger charge is 2.38. The van der Waals surface area contributed by atoms with Gasteiger partial charge in [-0.15, -0.1) is 11.8 Å². The van der Waals surface area contributed by atoms with Crippen LogP contribution in [-0.2, 0) is 26.3 Å². The molecule has 1 aromatic rings. The number of carbonyl (C=O) groups is 1. The smallest absolute Gasteiger partial charge is 0.289 e. The molecule has 0 saturated carbocycles. The Kier molecular flexibility index (Phi) is 10.1. The van der Waals surface area contributed by atoms with Gasteiger partial charge in [-0.25, -0.2) is 9.69 Å². The number of hydrogen-bond donors (Lipinski definition) is 2. The zero-order chi connectivity index (χ0) is 22.2. The maximum atomic E-state index is 12.6. The lowest BCUT2D eigenvalue weighted by atomic mass is 10.2. The molecule has 6 nitrogen and oxygen atoms in total. The van der Waals surface area contributed by atoms with E-state index in [4.69, 9.17) is 9.49 Å². The molecular formula is C18H27F3N2O4S2. The van der Waals surface area contributed by atoms with Gasteiger partial charge in [-0.3, -0.25) is 10.0 Å². The Labute approximate surface area is 175 Å². The predicted molar refractivity (Wildman–Crippen MR) is 106 cm³/mol. The summed E-state index contributed by atoms with van der Waals surface area (Å²) >= 11 is -0.481. The van der Waals surface area contributed by atoms with Crippen molar-refractivity contribution >= 4 is 28.7 Å². The summed E-state index contributed by atoms with van der Waals surface area (Å²) in [5, 5.41) is 10.4. The Hall–Kier alpha value is -1.14. The fraction of sp³-hybridized carbons (Fsp3) is 0.611. The zero-order valence-electron chi connectivity index (χ0n) is 16.8. The molecule has 1 aromatic carbocycles. The standard InChI is InChI=1S/C16H21F3N2O4S2.C2H6/c1-15(2,14(22)20-23)27(24)25-21-9-7-13(8-10-21)26-12-5-3-11(4-6-12)16(17,18)19;1-2/h3-6,13,23H,7-10H2,1-2H3,(H,20,22);1-2H3. The second-order valence-corrected chi connectivity index (χ2v) is 9.54. The van der Waals surface area contributed by atoms with Crippen LogP contribution in [0, 0.1) is 0 Å². The molecule has 1 saturated heterocycles. The average molecular weight is 457 g/mol. The number of amides is 1. The summed E-state index contributed by atoms with van der Waals surface area (Å²) in [5.41, 5.74) is 0.793. The first-order chi connectivity index (χ1) is 13.5. The van der Waals surface area contributed by atoms with Gasteiger partial charge in [-0.2, -0.15) is 22.5 Å². The Morgan fingerprint density at radius 3 is 2.17 bits per heavy atom. The Balaban J connectivity index is 0.00000204. The minimum absolute atomic E-state index is 0.198. The molecule has 2 rings (SSSR count). The number of carbonyl (C=O) groups excluding carboxylic acids is 1. The van der Waals surface area contributed by atoms with Crippen LogP contribution in [0.4, 0.5) is 13.2 Å².